The lowest BCUT2D eigenvalue weighted by Crippen LogP contribution is -2.43. The molecule has 0 aromatic heterocycles. The number of nitrogens with zero attached hydrogens (tertiary/aromatic N) is 2. The second-order valence-corrected chi connectivity index (χ2v) is 7.87. The van der Waals surface area contributed by atoms with E-state index in [1.807, 2.05) is 4.90 Å². The van der Waals surface area contributed by atoms with Crippen LogP contribution in [0.1, 0.15) is 44.9 Å². The molecule has 1 N–H and O–H groups in total. The Labute approximate surface area is 163 Å². The Morgan fingerprint density at radius 3 is 2.73 bits per heavy atom. The summed E-state index contributed by atoms with van der Waals surface area (Å²) in [5.41, 5.74) is 0. The molecule has 2 heterocycles. The Balaban J connectivity index is 0.00000243. The van der Waals surface area contributed by atoms with Crippen LogP contribution in [0.4, 0.5) is 0 Å². The van der Waals surface area contributed by atoms with E-state index >= 15 is 0 Å². The van der Waals surface area contributed by atoms with Crippen LogP contribution in [0, 0.1) is 11.8 Å². The maximum absolute atomic E-state index is 12.5. The van der Waals surface area contributed by atoms with E-state index in [9.17, 15) is 9.59 Å². The van der Waals surface area contributed by atoms with E-state index in [2.05, 4.69) is 10.2 Å². The van der Waals surface area contributed by atoms with Crippen LogP contribution < -0.4 is 5.32 Å². The van der Waals surface area contributed by atoms with E-state index in [1.165, 1.54) is 12.8 Å². The van der Waals surface area contributed by atoms with Crippen molar-refractivity contribution in [3.05, 3.63) is 0 Å². The normalized spacial score (nSPS) is 27.1. The summed E-state index contributed by atoms with van der Waals surface area (Å²) in [6.07, 6.45) is 6.85. The first-order valence-corrected chi connectivity index (χ1v) is 9.96. The van der Waals surface area contributed by atoms with Gasteiger partial charge in [-0.3, -0.25) is 14.5 Å². The fourth-order valence-corrected chi connectivity index (χ4v) is 4.26. The van der Waals surface area contributed by atoms with Crippen LogP contribution >= 0.6 is 12.4 Å². The highest BCUT2D eigenvalue weighted by molar-refractivity contribution is 5.85. The number of ether oxygens (including phenoxy) is 1. The fraction of sp³-hybridized carbons (Fsp3) is 0.895. The lowest BCUT2D eigenvalue weighted by atomic mass is 9.98. The second-order valence-electron chi connectivity index (χ2n) is 7.87. The number of likely N-dealkylation sites (tertiary alicyclic amines) is 2. The molecule has 0 aromatic rings. The highest BCUT2D eigenvalue weighted by Crippen LogP contribution is 2.41. The van der Waals surface area contributed by atoms with Crippen molar-refractivity contribution < 1.29 is 14.3 Å². The van der Waals surface area contributed by atoms with Crippen molar-refractivity contribution in [2.45, 2.75) is 51.0 Å². The number of hydrogen-bond donors (Lipinski definition) is 1. The first-order valence-electron chi connectivity index (χ1n) is 9.96. The van der Waals surface area contributed by atoms with Crippen LogP contribution in [0.2, 0.25) is 0 Å². The van der Waals surface area contributed by atoms with Crippen LogP contribution in [0.3, 0.4) is 0 Å². The third kappa shape index (κ3) is 6.10. The van der Waals surface area contributed by atoms with Crippen molar-refractivity contribution in [3.63, 3.8) is 0 Å². The minimum absolute atomic E-state index is 0. The molecule has 6 nitrogen and oxygen atoms in total. The van der Waals surface area contributed by atoms with Gasteiger partial charge in [-0.2, -0.15) is 0 Å². The SMILES string of the molecule is COCCN1C[C@H](NC(=O)CCN2CCCCCC2=O)[C@@H](C2CC2)C1.Cl. The van der Waals surface area contributed by atoms with Gasteiger partial charge < -0.3 is 15.0 Å². The first-order chi connectivity index (χ1) is 12.2. The van der Waals surface area contributed by atoms with Crippen molar-refractivity contribution in [1.29, 1.82) is 0 Å². The summed E-state index contributed by atoms with van der Waals surface area (Å²) in [6, 6.07) is 0.261. The van der Waals surface area contributed by atoms with Gasteiger partial charge in [0.2, 0.25) is 11.8 Å². The molecule has 0 bridgehead atoms. The van der Waals surface area contributed by atoms with Crippen molar-refractivity contribution in [2.24, 2.45) is 11.8 Å². The molecule has 7 heteroatoms. The molecule has 0 unspecified atom stereocenters. The number of carbonyl (C=O) groups excluding carboxylic acids is 2. The largest absolute Gasteiger partial charge is 0.383 e. The molecule has 26 heavy (non-hydrogen) atoms. The molecule has 1 aliphatic carbocycles. The number of halogens is 1. The van der Waals surface area contributed by atoms with Crippen molar-refractivity contribution >= 4 is 24.2 Å². The van der Waals surface area contributed by atoms with Crippen LogP contribution in [-0.2, 0) is 14.3 Å². The average molecular weight is 388 g/mol. The third-order valence-corrected chi connectivity index (χ3v) is 5.91. The molecule has 2 atom stereocenters. The topological polar surface area (TPSA) is 61.9 Å². The van der Waals surface area contributed by atoms with Gasteiger partial charge in [0.1, 0.15) is 0 Å². The molecule has 150 valence electrons. The Kier molecular flexibility index (Phi) is 8.64. The molecule has 2 aliphatic heterocycles. The maximum atomic E-state index is 12.5. The smallest absolute Gasteiger partial charge is 0.222 e. The summed E-state index contributed by atoms with van der Waals surface area (Å²) in [5, 5.41) is 3.27. The summed E-state index contributed by atoms with van der Waals surface area (Å²) in [6.45, 7) is 5.07. The van der Waals surface area contributed by atoms with Gasteiger partial charge in [-0.25, -0.2) is 0 Å². The highest BCUT2D eigenvalue weighted by Gasteiger charge is 2.42. The molecule has 0 radical (unpaired) electrons. The zero-order valence-corrected chi connectivity index (χ0v) is 16.8. The van der Waals surface area contributed by atoms with E-state index in [0.717, 1.165) is 58.0 Å². The lowest BCUT2D eigenvalue weighted by Gasteiger charge is -2.22. The van der Waals surface area contributed by atoms with E-state index in [4.69, 9.17) is 4.74 Å². The summed E-state index contributed by atoms with van der Waals surface area (Å²) >= 11 is 0. The maximum Gasteiger partial charge on any atom is 0.222 e. The zero-order valence-electron chi connectivity index (χ0n) is 16.0. The van der Waals surface area contributed by atoms with Crippen LogP contribution in [0.25, 0.3) is 0 Å². The van der Waals surface area contributed by atoms with Gasteiger partial charge >= 0.3 is 0 Å². The van der Waals surface area contributed by atoms with E-state index < -0.39 is 0 Å². The summed E-state index contributed by atoms with van der Waals surface area (Å²) < 4.78 is 5.19. The Morgan fingerprint density at radius 2 is 2.00 bits per heavy atom. The van der Waals surface area contributed by atoms with Gasteiger partial charge in [0.05, 0.1) is 6.61 Å². The first kappa shape index (κ1) is 21.5. The predicted octanol–water partition coefficient (Wildman–Crippen LogP) is 1.67. The Hall–Kier alpha value is -0.850. The summed E-state index contributed by atoms with van der Waals surface area (Å²) in [4.78, 5) is 28.8. The van der Waals surface area contributed by atoms with Gasteiger partial charge in [0.15, 0.2) is 0 Å². The molecule has 3 aliphatic rings. The molecule has 2 saturated heterocycles. The van der Waals surface area contributed by atoms with Crippen molar-refractivity contribution in [1.82, 2.24) is 15.1 Å². The average Bonchev–Trinajstić information content (AvgIpc) is 3.39. The minimum Gasteiger partial charge on any atom is -0.383 e. The summed E-state index contributed by atoms with van der Waals surface area (Å²) in [7, 11) is 1.73. The quantitative estimate of drug-likeness (QED) is 0.688. The van der Waals surface area contributed by atoms with Gasteiger partial charge in [0.25, 0.3) is 0 Å². The molecule has 0 aromatic carbocycles. The number of amides is 2. The molecule has 3 fully saturated rings. The van der Waals surface area contributed by atoms with Crippen molar-refractivity contribution in [3.8, 4) is 0 Å². The number of nitrogens with one attached hydrogen (secondary N) is 1. The zero-order chi connectivity index (χ0) is 17.6. The van der Waals surface area contributed by atoms with E-state index in [0.29, 0.717) is 25.3 Å². The number of methoxy groups -OCH3 is 1. The van der Waals surface area contributed by atoms with Crippen LogP contribution in [0.5, 0.6) is 0 Å². The van der Waals surface area contributed by atoms with Crippen LogP contribution in [0.15, 0.2) is 0 Å². The lowest BCUT2D eigenvalue weighted by molar-refractivity contribution is -0.131. The third-order valence-electron chi connectivity index (χ3n) is 5.91. The summed E-state index contributed by atoms with van der Waals surface area (Å²) in [5.74, 6) is 1.68. The van der Waals surface area contributed by atoms with Gasteiger partial charge in [-0.1, -0.05) is 6.42 Å². The van der Waals surface area contributed by atoms with E-state index in [-0.39, 0.29) is 30.3 Å². The highest BCUT2D eigenvalue weighted by atomic mass is 35.5. The number of rotatable bonds is 8. The monoisotopic (exact) mass is 387 g/mol. The standard InChI is InChI=1S/C19H33N3O3.ClH/c1-25-12-11-21-13-16(15-6-7-15)17(14-21)20-18(23)8-10-22-9-4-2-3-5-19(22)24;/h15-17H,2-14H2,1H3,(H,20,23);1H/t16-,17+;/m1./s1. The molecule has 1 saturated carbocycles. The molecule has 3 rings (SSSR count). The number of hydrogen-bond acceptors (Lipinski definition) is 4. The molecular weight excluding hydrogens is 354 g/mol. The van der Waals surface area contributed by atoms with Crippen molar-refractivity contribution in [2.75, 3.05) is 46.4 Å². The fourth-order valence-electron chi connectivity index (χ4n) is 4.26. The molecular formula is C19H34ClN3O3. The van der Waals surface area contributed by atoms with E-state index in [1.54, 1.807) is 7.11 Å². The predicted molar refractivity (Wildman–Crippen MR) is 103 cm³/mol. The molecule has 2 amide bonds. The van der Waals surface area contributed by atoms with Gasteiger partial charge in [-0.05, 0) is 37.5 Å². The van der Waals surface area contributed by atoms with Gasteiger partial charge in [0, 0.05) is 58.7 Å². The second kappa shape index (κ2) is 10.5. The Morgan fingerprint density at radius 1 is 1.19 bits per heavy atom. The van der Waals surface area contributed by atoms with Crippen LogP contribution in [-0.4, -0.2) is 74.1 Å². The number of carbonyl (C=O) groups is 2. The minimum atomic E-state index is 0. The molecule has 0 spiro atoms. The Bertz CT molecular complexity index is 473. The van der Waals surface area contributed by atoms with Gasteiger partial charge in [-0.15, -0.1) is 12.4 Å².